The number of carbonyl (C=O) groups is 2. The van der Waals surface area contributed by atoms with Crippen LogP contribution in [0.25, 0.3) is 0 Å². The van der Waals surface area contributed by atoms with Gasteiger partial charge < -0.3 is 15.7 Å². The standard InChI is InChI=1S/C13H24N2O3S/c1-8(12(16)17)9(2)14-13(18)15-10-5-4-6-11(7-10)19-3/h8-11H,4-7H2,1-3H3,(H,16,17)(H2,14,15,18). The first-order valence-corrected chi connectivity index (χ1v) is 8.05. The number of rotatable bonds is 5. The van der Waals surface area contributed by atoms with Gasteiger partial charge in [0.25, 0.3) is 0 Å². The van der Waals surface area contributed by atoms with Crippen molar-refractivity contribution < 1.29 is 14.7 Å². The topological polar surface area (TPSA) is 78.4 Å². The maximum atomic E-state index is 11.8. The van der Waals surface area contributed by atoms with Crippen LogP contribution in [0.5, 0.6) is 0 Å². The Morgan fingerprint density at radius 1 is 1.32 bits per heavy atom. The number of nitrogens with one attached hydrogen (secondary N) is 2. The molecule has 4 unspecified atom stereocenters. The summed E-state index contributed by atoms with van der Waals surface area (Å²) in [5.41, 5.74) is 0. The van der Waals surface area contributed by atoms with E-state index in [0.717, 1.165) is 19.3 Å². The average molecular weight is 288 g/mol. The van der Waals surface area contributed by atoms with Crippen LogP contribution < -0.4 is 10.6 Å². The van der Waals surface area contributed by atoms with Crippen LogP contribution in [0.15, 0.2) is 0 Å². The van der Waals surface area contributed by atoms with Crippen LogP contribution in [0.1, 0.15) is 39.5 Å². The molecule has 0 spiro atoms. The Kier molecular flexibility index (Phi) is 6.48. The van der Waals surface area contributed by atoms with Crippen LogP contribution in [-0.2, 0) is 4.79 Å². The molecule has 6 heteroatoms. The minimum Gasteiger partial charge on any atom is -0.481 e. The highest BCUT2D eigenvalue weighted by Gasteiger charge is 2.25. The number of hydrogen-bond acceptors (Lipinski definition) is 3. The number of carboxylic acids is 1. The fourth-order valence-electron chi connectivity index (χ4n) is 2.26. The van der Waals surface area contributed by atoms with Gasteiger partial charge in [0.05, 0.1) is 5.92 Å². The highest BCUT2D eigenvalue weighted by Crippen LogP contribution is 2.26. The van der Waals surface area contributed by atoms with E-state index in [-0.39, 0.29) is 18.1 Å². The van der Waals surface area contributed by atoms with Crippen molar-refractivity contribution in [1.82, 2.24) is 10.6 Å². The fourth-order valence-corrected chi connectivity index (χ4v) is 3.09. The highest BCUT2D eigenvalue weighted by atomic mass is 32.2. The summed E-state index contributed by atoms with van der Waals surface area (Å²) in [6.45, 7) is 3.31. The number of hydrogen-bond donors (Lipinski definition) is 3. The first-order valence-electron chi connectivity index (χ1n) is 6.76. The summed E-state index contributed by atoms with van der Waals surface area (Å²) in [4.78, 5) is 22.6. The molecule has 2 amide bonds. The largest absolute Gasteiger partial charge is 0.481 e. The number of urea groups is 1. The summed E-state index contributed by atoms with van der Waals surface area (Å²) in [5.74, 6) is -1.48. The Bertz CT molecular complexity index is 325. The van der Waals surface area contributed by atoms with Gasteiger partial charge in [-0.1, -0.05) is 6.42 Å². The molecule has 1 fully saturated rings. The summed E-state index contributed by atoms with van der Waals surface area (Å²) in [7, 11) is 0. The fraction of sp³-hybridized carbons (Fsp3) is 0.846. The zero-order valence-electron chi connectivity index (χ0n) is 11.8. The van der Waals surface area contributed by atoms with E-state index in [1.54, 1.807) is 13.8 Å². The van der Waals surface area contributed by atoms with Crippen molar-refractivity contribution in [3.8, 4) is 0 Å². The Balaban J connectivity index is 2.36. The quantitative estimate of drug-likeness (QED) is 0.723. The molecule has 0 heterocycles. The van der Waals surface area contributed by atoms with E-state index < -0.39 is 11.9 Å². The number of aliphatic carboxylic acids is 1. The van der Waals surface area contributed by atoms with Crippen LogP contribution in [0.4, 0.5) is 4.79 Å². The van der Waals surface area contributed by atoms with Crippen molar-refractivity contribution in [2.24, 2.45) is 5.92 Å². The lowest BCUT2D eigenvalue weighted by Gasteiger charge is -2.29. The molecule has 4 atom stereocenters. The maximum Gasteiger partial charge on any atom is 0.315 e. The van der Waals surface area contributed by atoms with Gasteiger partial charge in [-0.25, -0.2) is 4.79 Å². The molecule has 110 valence electrons. The first-order chi connectivity index (χ1) is 8.93. The van der Waals surface area contributed by atoms with Gasteiger partial charge in [-0.2, -0.15) is 11.8 Å². The molecule has 0 aromatic heterocycles. The molecule has 0 aromatic carbocycles. The lowest BCUT2D eigenvalue weighted by Crippen LogP contribution is -2.49. The SMILES string of the molecule is CSC1CCCC(NC(=O)NC(C)C(C)C(=O)O)C1. The van der Waals surface area contributed by atoms with Crippen LogP contribution in [0.3, 0.4) is 0 Å². The molecule has 5 nitrogen and oxygen atoms in total. The number of carboxylic acid groups (broad SMARTS) is 1. The molecule has 0 aromatic rings. The molecular formula is C13H24N2O3S. The number of carbonyl (C=O) groups excluding carboxylic acids is 1. The molecule has 0 saturated heterocycles. The normalized spacial score (nSPS) is 26.3. The Labute approximate surface area is 118 Å². The molecule has 0 bridgehead atoms. The summed E-state index contributed by atoms with van der Waals surface area (Å²) >= 11 is 1.85. The maximum absolute atomic E-state index is 11.8. The number of thioether (sulfide) groups is 1. The minimum absolute atomic E-state index is 0.207. The van der Waals surface area contributed by atoms with E-state index in [1.165, 1.54) is 6.42 Å². The van der Waals surface area contributed by atoms with Gasteiger partial charge in [0.2, 0.25) is 0 Å². The predicted molar refractivity (Wildman–Crippen MR) is 77.5 cm³/mol. The molecule has 1 saturated carbocycles. The van der Waals surface area contributed by atoms with Gasteiger partial charge >= 0.3 is 12.0 Å². The van der Waals surface area contributed by atoms with E-state index in [9.17, 15) is 9.59 Å². The zero-order valence-corrected chi connectivity index (χ0v) is 12.6. The predicted octanol–water partition coefficient (Wildman–Crippen LogP) is 2.07. The smallest absolute Gasteiger partial charge is 0.315 e. The van der Waals surface area contributed by atoms with Crippen LogP contribution in [0.2, 0.25) is 0 Å². The second kappa shape index (κ2) is 7.62. The minimum atomic E-state index is -0.895. The van der Waals surface area contributed by atoms with E-state index >= 15 is 0 Å². The van der Waals surface area contributed by atoms with Crippen molar-refractivity contribution in [3.05, 3.63) is 0 Å². The van der Waals surface area contributed by atoms with Crippen LogP contribution in [-0.4, -0.2) is 40.7 Å². The molecule has 1 aliphatic carbocycles. The summed E-state index contributed by atoms with van der Waals surface area (Å²) < 4.78 is 0. The van der Waals surface area contributed by atoms with Gasteiger partial charge in [0, 0.05) is 17.3 Å². The third-order valence-corrected chi connectivity index (χ3v) is 4.89. The average Bonchev–Trinajstić information content (AvgIpc) is 2.37. The molecule has 1 aliphatic rings. The zero-order chi connectivity index (χ0) is 14.4. The third-order valence-electron chi connectivity index (χ3n) is 3.79. The van der Waals surface area contributed by atoms with Crippen molar-refractivity contribution in [3.63, 3.8) is 0 Å². The molecule has 1 rings (SSSR count). The lowest BCUT2D eigenvalue weighted by atomic mass is 9.95. The van der Waals surface area contributed by atoms with Gasteiger partial charge in [-0.05, 0) is 39.4 Å². The summed E-state index contributed by atoms with van der Waals surface area (Å²) in [6.07, 6.45) is 6.46. The number of amides is 2. The molecule has 0 radical (unpaired) electrons. The Morgan fingerprint density at radius 2 is 2.00 bits per heavy atom. The molecule has 19 heavy (non-hydrogen) atoms. The van der Waals surface area contributed by atoms with E-state index in [1.807, 2.05) is 11.8 Å². The van der Waals surface area contributed by atoms with Gasteiger partial charge in [0.15, 0.2) is 0 Å². The second-order valence-corrected chi connectivity index (χ2v) is 6.39. The van der Waals surface area contributed by atoms with Crippen molar-refractivity contribution in [2.45, 2.75) is 56.9 Å². The van der Waals surface area contributed by atoms with Crippen LogP contribution >= 0.6 is 11.8 Å². The highest BCUT2D eigenvalue weighted by molar-refractivity contribution is 7.99. The Hall–Kier alpha value is -0.910. The molecular weight excluding hydrogens is 264 g/mol. The summed E-state index contributed by atoms with van der Waals surface area (Å²) in [5, 5.41) is 15.2. The van der Waals surface area contributed by atoms with Crippen LogP contribution in [0, 0.1) is 5.92 Å². The molecule has 3 N–H and O–H groups in total. The lowest BCUT2D eigenvalue weighted by molar-refractivity contribution is -0.141. The first kappa shape index (κ1) is 16.1. The van der Waals surface area contributed by atoms with Crippen molar-refractivity contribution in [1.29, 1.82) is 0 Å². The van der Waals surface area contributed by atoms with Gasteiger partial charge in [-0.15, -0.1) is 0 Å². The monoisotopic (exact) mass is 288 g/mol. The van der Waals surface area contributed by atoms with Gasteiger partial charge in [-0.3, -0.25) is 4.79 Å². The Morgan fingerprint density at radius 3 is 2.58 bits per heavy atom. The second-order valence-electron chi connectivity index (χ2n) is 5.25. The molecule has 0 aliphatic heterocycles. The van der Waals surface area contributed by atoms with Gasteiger partial charge in [0.1, 0.15) is 0 Å². The summed E-state index contributed by atoms with van der Waals surface area (Å²) in [6, 6.07) is -0.427. The van der Waals surface area contributed by atoms with Crippen molar-refractivity contribution >= 4 is 23.8 Å². The van der Waals surface area contributed by atoms with Crippen molar-refractivity contribution in [2.75, 3.05) is 6.26 Å². The van der Waals surface area contributed by atoms with E-state index in [2.05, 4.69) is 16.9 Å². The third kappa shape index (κ3) is 5.30. The van der Waals surface area contributed by atoms with E-state index in [0.29, 0.717) is 5.25 Å². The van der Waals surface area contributed by atoms with E-state index in [4.69, 9.17) is 5.11 Å².